The van der Waals surface area contributed by atoms with E-state index < -0.39 is 0 Å². The van der Waals surface area contributed by atoms with Crippen molar-refractivity contribution in [1.29, 1.82) is 0 Å². The molecule has 1 saturated heterocycles. The van der Waals surface area contributed by atoms with E-state index >= 15 is 0 Å². The minimum Gasteiger partial charge on any atom is -0.317 e. The summed E-state index contributed by atoms with van der Waals surface area (Å²) in [6.07, 6.45) is 8.28. The molecule has 2 aromatic rings. The number of hydrogen-bond acceptors (Lipinski definition) is 3. The van der Waals surface area contributed by atoms with Crippen LogP contribution in [0.5, 0.6) is 0 Å². The molecule has 3 rings (SSSR count). The van der Waals surface area contributed by atoms with Crippen molar-refractivity contribution in [3.05, 3.63) is 53.2 Å². The van der Waals surface area contributed by atoms with E-state index in [0.717, 1.165) is 18.7 Å². The number of piperidine rings is 1. The Morgan fingerprint density at radius 3 is 2.50 bits per heavy atom. The summed E-state index contributed by atoms with van der Waals surface area (Å²) in [6.45, 7) is 4.46. The Kier molecular flexibility index (Phi) is 4.69. The van der Waals surface area contributed by atoms with Gasteiger partial charge in [0.1, 0.15) is 0 Å². The van der Waals surface area contributed by atoms with E-state index in [0.29, 0.717) is 0 Å². The summed E-state index contributed by atoms with van der Waals surface area (Å²) in [4.78, 5) is 0. The van der Waals surface area contributed by atoms with Crippen molar-refractivity contribution in [1.82, 2.24) is 15.5 Å². The predicted octanol–water partition coefficient (Wildman–Crippen LogP) is 3.96. The first-order valence-electron chi connectivity index (χ1n) is 7.77. The smallest absolute Gasteiger partial charge is 0.0565 e. The predicted molar refractivity (Wildman–Crippen MR) is 95.1 cm³/mol. The molecular formula is C18H23N3S. The minimum atomic E-state index is 0.184. The molecule has 0 bridgehead atoms. The molecule has 0 spiro atoms. The normalized spacial score (nSPS) is 18.4. The zero-order valence-electron chi connectivity index (χ0n) is 13.2. The topological polar surface area (TPSA) is 40.7 Å². The van der Waals surface area contributed by atoms with Crippen molar-refractivity contribution in [2.45, 2.75) is 25.2 Å². The van der Waals surface area contributed by atoms with Gasteiger partial charge < -0.3 is 5.32 Å². The molecule has 2 heterocycles. The maximum absolute atomic E-state index is 4.03. The van der Waals surface area contributed by atoms with E-state index in [1.807, 2.05) is 12.4 Å². The SMILES string of the molecule is CS/C=C(\C)C1(c2ccc(-c3cn[nH]c3)cc2)CCNCC1. The van der Waals surface area contributed by atoms with Gasteiger partial charge in [-0.2, -0.15) is 5.10 Å². The maximum Gasteiger partial charge on any atom is 0.0565 e. The molecule has 1 aliphatic heterocycles. The number of nitrogens with one attached hydrogen (secondary N) is 2. The Morgan fingerprint density at radius 2 is 1.91 bits per heavy atom. The van der Waals surface area contributed by atoms with Gasteiger partial charge in [-0.15, -0.1) is 11.8 Å². The lowest BCUT2D eigenvalue weighted by molar-refractivity contribution is 0.356. The third-order valence-electron chi connectivity index (χ3n) is 4.78. The number of rotatable bonds is 4. The van der Waals surface area contributed by atoms with Crippen molar-refractivity contribution >= 4 is 11.8 Å². The number of allylic oxidation sites excluding steroid dienone is 1. The highest BCUT2D eigenvalue weighted by Gasteiger charge is 2.35. The first-order valence-corrected chi connectivity index (χ1v) is 9.05. The molecule has 22 heavy (non-hydrogen) atoms. The number of aromatic nitrogens is 2. The number of nitrogens with zero attached hydrogens (tertiary/aromatic N) is 1. The van der Waals surface area contributed by atoms with E-state index in [9.17, 15) is 0 Å². The molecular weight excluding hydrogens is 290 g/mol. The highest BCUT2D eigenvalue weighted by Crippen LogP contribution is 2.41. The van der Waals surface area contributed by atoms with Gasteiger partial charge in [-0.3, -0.25) is 5.10 Å². The summed E-state index contributed by atoms with van der Waals surface area (Å²) in [5.74, 6) is 0. The van der Waals surface area contributed by atoms with Gasteiger partial charge in [0.15, 0.2) is 0 Å². The van der Waals surface area contributed by atoms with Crippen LogP contribution in [0.2, 0.25) is 0 Å². The lowest BCUT2D eigenvalue weighted by atomic mass is 9.69. The largest absolute Gasteiger partial charge is 0.317 e. The molecule has 0 unspecified atom stereocenters. The maximum atomic E-state index is 4.03. The average molecular weight is 313 g/mol. The van der Waals surface area contributed by atoms with Gasteiger partial charge in [-0.1, -0.05) is 29.8 Å². The second-order valence-corrected chi connectivity index (χ2v) is 6.64. The van der Waals surface area contributed by atoms with E-state index in [4.69, 9.17) is 0 Å². The standard InChI is InChI=1S/C18H23N3S/c1-14(13-22-2)18(7-9-19-10-8-18)17-5-3-15(4-6-17)16-11-20-21-12-16/h3-6,11-13,19H,7-10H2,1-2H3,(H,20,21)/b14-13+. The molecule has 116 valence electrons. The highest BCUT2D eigenvalue weighted by molar-refractivity contribution is 8.01. The molecule has 4 heteroatoms. The van der Waals surface area contributed by atoms with Crippen LogP contribution in [0, 0.1) is 0 Å². The van der Waals surface area contributed by atoms with Crippen LogP contribution in [0.15, 0.2) is 47.6 Å². The molecule has 1 fully saturated rings. The molecule has 1 aliphatic rings. The van der Waals surface area contributed by atoms with Crippen LogP contribution in [0.1, 0.15) is 25.3 Å². The molecule has 2 N–H and O–H groups in total. The van der Waals surface area contributed by atoms with Gasteiger partial charge in [-0.25, -0.2) is 0 Å². The van der Waals surface area contributed by atoms with Crippen LogP contribution < -0.4 is 5.32 Å². The Morgan fingerprint density at radius 1 is 1.18 bits per heavy atom. The van der Waals surface area contributed by atoms with Gasteiger partial charge >= 0.3 is 0 Å². The van der Waals surface area contributed by atoms with Crippen LogP contribution >= 0.6 is 11.8 Å². The fraction of sp³-hybridized carbons (Fsp3) is 0.389. The first-order chi connectivity index (χ1) is 10.8. The number of H-pyrrole nitrogens is 1. The van der Waals surface area contributed by atoms with Crippen LogP contribution in [0.4, 0.5) is 0 Å². The van der Waals surface area contributed by atoms with Crippen LogP contribution in [0.3, 0.4) is 0 Å². The Bertz CT molecular complexity index is 623. The van der Waals surface area contributed by atoms with Gasteiger partial charge in [0.25, 0.3) is 0 Å². The lowest BCUT2D eigenvalue weighted by Crippen LogP contribution is -2.40. The Labute approximate surface area is 136 Å². The summed E-state index contributed by atoms with van der Waals surface area (Å²) in [6, 6.07) is 9.03. The second-order valence-electron chi connectivity index (χ2n) is 5.93. The van der Waals surface area contributed by atoms with Gasteiger partial charge in [0, 0.05) is 17.2 Å². The van der Waals surface area contributed by atoms with Crippen LogP contribution in [-0.4, -0.2) is 29.5 Å². The lowest BCUT2D eigenvalue weighted by Gasteiger charge is -2.39. The van der Waals surface area contributed by atoms with Gasteiger partial charge in [0.2, 0.25) is 0 Å². The number of benzene rings is 1. The molecule has 1 aromatic heterocycles. The van der Waals surface area contributed by atoms with Crippen molar-refractivity contribution in [2.24, 2.45) is 0 Å². The van der Waals surface area contributed by atoms with Crippen molar-refractivity contribution in [3.8, 4) is 11.1 Å². The van der Waals surface area contributed by atoms with E-state index in [2.05, 4.69) is 58.4 Å². The Hall–Kier alpha value is -1.52. The first kappa shape index (κ1) is 15.4. The average Bonchev–Trinajstić information content (AvgIpc) is 3.10. The van der Waals surface area contributed by atoms with Crippen LogP contribution in [0.25, 0.3) is 11.1 Å². The second kappa shape index (κ2) is 6.71. The van der Waals surface area contributed by atoms with Crippen LogP contribution in [-0.2, 0) is 5.41 Å². The summed E-state index contributed by atoms with van der Waals surface area (Å²) in [5.41, 5.74) is 5.46. The molecule has 0 radical (unpaired) electrons. The van der Waals surface area contributed by atoms with Gasteiger partial charge in [0.05, 0.1) is 6.20 Å². The molecule has 0 atom stereocenters. The third-order valence-corrected chi connectivity index (χ3v) is 5.36. The number of hydrogen-bond donors (Lipinski definition) is 2. The zero-order chi connectivity index (χ0) is 15.4. The molecule has 0 aliphatic carbocycles. The molecule has 0 saturated carbocycles. The third kappa shape index (κ3) is 2.85. The monoisotopic (exact) mass is 313 g/mol. The number of aromatic amines is 1. The number of thioether (sulfide) groups is 1. The van der Waals surface area contributed by atoms with E-state index in [1.165, 1.54) is 29.5 Å². The summed E-state index contributed by atoms with van der Waals surface area (Å²) < 4.78 is 0. The van der Waals surface area contributed by atoms with Crippen molar-refractivity contribution in [2.75, 3.05) is 19.3 Å². The van der Waals surface area contributed by atoms with Gasteiger partial charge in [-0.05, 0) is 55.6 Å². The van der Waals surface area contributed by atoms with Crippen molar-refractivity contribution in [3.63, 3.8) is 0 Å². The highest BCUT2D eigenvalue weighted by atomic mass is 32.2. The fourth-order valence-electron chi connectivity index (χ4n) is 3.44. The Balaban J connectivity index is 1.96. The molecule has 3 nitrogen and oxygen atoms in total. The quantitative estimate of drug-likeness (QED) is 0.897. The van der Waals surface area contributed by atoms with Crippen molar-refractivity contribution < 1.29 is 0 Å². The molecule has 0 amide bonds. The fourth-order valence-corrected chi connectivity index (χ4v) is 4.02. The summed E-state index contributed by atoms with van der Waals surface area (Å²) >= 11 is 1.80. The minimum absolute atomic E-state index is 0.184. The summed E-state index contributed by atoms with van der Waals surface area (Å²) in [5, 5.41) is 12.7. The zero-order valence-corrected chi connectivity index (χ0v) is 14.0. The van der Waals surface area contributed by atoms with E-state index in [-0.39, 0.29) is 5.41 Å². The summed E-state index contributed by atoms with van der Waals surface area (Å²) in [7, 11) is 0. The molecule has 1 aromatic carbocycles. The van der Waals surface area contributed by atoms with E-state index in [1.54, 1.807) is 11.8 Å².